The summed E-state index contributed by atoms with van der Waals surface area (Å²) in [6.45, 7) is 4.22. The third-order valence-electron chi connectivity index (χ3n) is 4.35. The van der Waals surface area contributed by atoms with Crippen LogP contribution in [0.5, 0.6) is 0 Å². The van der Waals surface area contributed by atoms with Crippen molar-refractivity contribution in [2.45, 2.75) is 13.8 Å². The molecule has 33 heavy (non-hydrogen) atoms. The highest BCUT2D eigenvalue weighted by Crippen LogP contribution is 2.18. The molecule has 0 aliphatic rings. The Morgan fingerprint density at radius 1 is 1.18 bits per heavy atom. The van der Waals surface area contributed by atoms with Crippen LogP contribution < -0.4 is 16.8 Å². The number of nitrogens with one attached hydrogen (secondary N) is 3. The van der Waals surface area contributed by atoms with Crippen LogP contribution in [-0.2, 0) is 9.53 Å². The first kappa shape index (κ1) is 24.7. The van der Waals surface area contributed by atoms with Crippen LogP contribution in [0.1, 0.15) is 25.0 Å². The molecule has 0 radical (unpaired) electrons. The summed E-state index contributed by atoms with van der Waals surface area (Å²) < 4.78 is 5.34. The zero-order valence-electron chi connectivity index (χ0n) is 18.5. The van der Waals surface area contributed by atoms with Gasteiger partial charge >= 0.3 is 0 Å². The predicted molar refractivity (Wildman–Crippen MR) is 134 cm³/mol. The van der Waals surface area contributed by atoms with Gasteiger partial charge in [-0.2, -0.15) is 4.99 Å². The number of rotatable bonds is 8. The Hall–Kier alpha value is -4.53. The Morgan fingerprint density at radius 3 is 2.52 bits per heavy atom. The zero-order chi connectivity index (χ0) is 24.2. The Balaban J connectivity index is 2.08. The number of aliphatic imine (C=N–C) groups is 2. The second-order valence-electron chi connectivity index (χ2n) is 6.60. The maximum absolute atomic E-state index is 12.4. The van der Waals surface area contributed by atoms with Crippen LogP contribution >= 0.6 is 0 Å². The molecule has 0 unspecified atom stereocenters. The molecule has 0 spiro atoms. The van der Waals surface area contributed by atoms with Crippen molar-refractivity contribution >= 4 is 47.2 Å². The number of hydrogen-bond donors (Lipinski definition) is 5. The lowest BCUT2D eigenvalue weighted by Crippen LogP contribution is -2.21. The van der Waals surface area contributed by atoms with Crippen molar-refractivity contribution in [3.63, 3.8) is 0 Å². The smallest absolute Gasteiger partial charge is 0.294 e. The summed E-state index contributed by atoms with van der Waals surface area (Å²) in [6, 6.07) is 13.3. The van der Waals surface area contributed by atoms with Gasteiger partial charge < -0.3 is 26.9 Å². The van der Waals surface area contributed by atoms with E-state index in [2.05, 4.69) is 15.3 Å². The molecule has 9 nitrogen and oxygen atoms in total. The third kappa shape index (κ3) is 7.28. The van der Waals surface area contributed by atoms with E-state index in [0.29, 0.717) is 34.6 Å². The minimum atomic E-state index is -0.306. The first-order valence-corrected chi connectivity index (χ1v) is 10.1. The van der Waals surface area contributed by atoms with Gasteiger partial charge in [-0.25, -0.2) is 0 Å². The molecule has 7 N–H and O–H groups in total. The van der Waals surface area contributed by atoms with Gasteiger partial charge in [0.2, 0.25) is 5.90 Å². The maximum Gasteiger partial charge on any atom is 0.294 e. The molecule has 0 aromatic heterocycles. The first-order valence-electron chi connectivity index (χ1n) is 10.1. The van der Waals surface area contributed by atoms with Gasteiger partial charge in [-0.1, -0.05) is 24.3 Å². The number of carbonyl (C=O) groups is 1. The van der Waals surface area contributed by atoms with E-state index in [-0.39, 0.29) is 17.8 Å². The van der Waals surface area contributed by atoms with Gasteiger partial charge in [-0.15, -0.1) is 0 Å². The second kappa shape index (κ2) is 12.4. The van der Waals surface area contributed by atoms with E-state index in [1.165, 1.54) is 12.4 Å². The summed E-state index contributed by atoms with van der Waals surface area (Å²) >= 11 is 0. The van der Waals surface area contributed by atoms with Crippen molar-refractivity contribution in [3.8, 4) is 0 Å². The Labute approximate surface area is 192 Å². The fourth-order valence-electron chi connectivity index (χ4n) is 2.66. The molecular formula is C24H27N7O2. The zero-order valence-corrected chi connectivity index (χ0v) is 18.5. The monoisotopic (exact) mass is 445 g/mol. The summed E-state index contributed by atoms with van der Waals surface area (Å²) in [7, 11) is 0. The molecule has 0 heterocycles. The summed E-state index contributed by atoms with van der Waals surface area (Å²) in [5.41, 5.74) is 14.5. The molecule has 0 aliphatic carbocycles. The number of amides is 1. The average Bonchev–Trinajstić information content (AvgIpc) is 2.81. The van der Waals surface area contributed by atoms with E-state index in [1.54, 1.807) is 61.5 Å². The lowest BCUT2D eigenvalue weighted by Gasteiger charge is -2.09. The molecule has 0 saturated heterocycles. The van der Waals surface area contributed by atoms with E-state index in [0.717, 1.165) is 11.8 Å². The largest absolute Gasteiger partial charge is 0.407 e. The molecule has 2 aromatic carbocycles. The molecular weight excluding hydrogens is 418 g/mol. The predicted octanol–water partition coefficient (Wildman–Crippen LogP) is 3.60. The highest BCUT2D eigenvalue weighted by Gasteiger charge is 2.10. The summed E-state index contributed by atoms with van der Waals surface area (Å²) in [4.78, 5) is 20.6. The maximum atomic E-state index is 12.4. The van der Waals surface area contributed by atoms with E-state index in [9.17, 15) is 4.79 Å². The van der Waals surface area contributed by atoms with Crippen LogP contribution in [0.4, 0.5) is 11.4 Å². The number of nitrogens with zero attached hydrogens (tertiary/aromatic N) is 2. The Morgan fingerprint density at radius 2 is 1.91 bits per heavy atom. The van der Waals surface area contributed by atoms with E-state index < -0.39 is 0 Å². The summed E-state index contributed by atoms with van der Waals surface area (Å²) in [5.74, 6) is -0.528. The van der Waals surface area contributed by atoms with Gasteiger partial charge in [-0.05, 0) is 49.7 Å². The van der Waals surface area contributed by atoms with E-state index in [1.807, 2.05) is 6.92 Å². The van der Waals surface area contributed by atoms with Crippen LogP contribution in [0.15, 0.2) is 76.4 Å². The average molecular weight is 446 g/mol. The molecule has 0 saturated carbocycles. The molecule has 0 fully saturated rings. The summed E-state index contributed by atoms with van der Waals surface area (Å²) in [6.07, 6.45) is 5.70. The van der Waals surface area contributed by atoms with Gasteiger partial charge in [0.15, 0.2) is 0 Å². The molecule has 0 aliphatic heterocycles. The van der Waals surface area contributed by atoms with Gasteiger partial charge in [-0.3, -0.25) is 15.2 Å². The topological polar surface area (TPSA) is 163 Å². The van der Waals surface area contributed by atoms with Crippen molar-refractivity contribution in [2.75, 3.05) is 11.9 Å². The quantitative estimate of drug-likeness (QED) is 0.238. The first-order chi connectivity index (χ1) is 15.9. The lowest BCUT2D eigenvalue weighted by atomic mass is 10.1. The minimum absolute atomic E-state index is 0.212. The molecule has 1 amide bonds. The van der Waals surface area contributed by atoms with Gasteiger partial charge in [0.05, 0.1) is 11.3 Å². The Kier molecular flexibility index (Phi) is 9.26. The normalized spacial score (nSPS) is 12.5. The fraction of sp³-hybridized carbons (Fsp3) is 0.125. The standard InChI is InChI=1S/C24H27N7O2/c1-3-16(15-29-4-2)23(32)30-21-7-5-6-18(12-21)22(27)33-24(28)31-20-10-8-17(9-11-20)19(13-25)14-26/h3,5-15,25,27H,4,26H2,1-2H3,(H2,28,31)(H,30,32)/b16-3+,19-14+,25-13?,27-22?,29-15?. The van der Waals surface area contributed by atoms with Crippen molar-refractivity contribution in [1.82, 2.24) is 0 Å². The molecule has 2 rings (SSSR count). The van der Waals surface area contributed by atoms with Gasteiger partial charge in [0.1, 0.15) is 0 Å². The van der Waals surface area contributed by atoms with Crippen LogP contribution in [0.3, 0.4) is 0 Å². The van der Waals surface area contributed by atoms with Crippen molar-refractivity contribution in [2.24, 2.45) is 21.5 Å². The number of nitrogens with two attached hydrogens (primary N) is 2. The SMILES string of the molecule is C/C=C(\C=NCC)C(=O)Nc1cccc(C(=N)OC(N)=Nc2ccc(/C(C=N)=C/N)cc2)c1. The number of amidine groups is 1. The molecule has 0 atom stereocenters. The second-order valence-corrected chi connectivity index (χ2v) is 6.60. The Bertz CT molecular complexity index is 1130. The molecule has 9 heteroatoms. The molecule has 0 bridgehead atoms. The molecule has 2 aromatic rings. The van der Waals surface area contributed by atoms with Crippen LogP contribution in [0.2, 0.25) is 0 Å². The highest BCUT2D eigenvalue weighted by atomic mass is 16.5. The van der Waals surface area contributed by atoms with Crippen molar-refractivity contribution in [1.29, 1.82) is 10.8 Å². The highest BCUT2D eigenvalue weighted by molar-refractivity contribution is 6.17. The number of carbonyl (C=O) groups excluding carboxylic acids is 1. The number of ether oxygens (including phenoxy) is 1. The van der Waals surface area contributed by atoms with Crippen molar-refractivity contribution < 1.29 is 9.53 Å². The van der Waals surface area contributed by atoms with Crippen molar-refractivity contribution in [3.05, 3.63) is 77.5 Å². The van der Waals surface area contributed by atoms with Gasteiger partial charge in [0.25, 0.3) is 11.9 Å². The number of allylic oxidation sites excluding steroid dienone is 2. The number of anilines is 1. The minimum Gasteiger partial charge on any atom is -0.407 e. The van der Waals surface area contributed by atoms with E-state index >= 15 is 0 Å². The molecule has 170 valence electrons. The lowest BCUT2D eigenvalue weighted by molar-refractivity contribution is -0.112. The third-order valence-corrected chi connectivity index (χ3v) is 4.35. The van der Waals surface area contributed by atoms with Crippen LogP contribution in [-0.4, -0.2) is 36.8 Å². The van der Waals surface area contributed by atoms with E-state index in [4.69, 9.17) is 27.0 Å². The fourth-order valence-corrected chi connectivity index (χ4v) is 2.66. The number of hydrogen-bond acceptors (Lipinski definition) is 7. The van der Waals surface area contributed by atoms with Crippen LogP contribution in [0.25, 0.3) is 5.57 Å². The number of benzene rings is 2. The van der Waals surface area contributed by atoms with Gasteiger partial charge in [0, 0.05) is 42.0 Å². The summed E-state index contributed by atoms with van der Waals surface area (Å²) in [5, 5.41) is 18.3. The van der Waals surface area contributed by atoms with Crippen LogP contribution in [0, 0.1) is 10.8 Å².